The first-order valence-corrected chi connectivity index (χ1v) is 18.3. The first kappa shape index (κ1) is 29.5. The highest BCUT2D eigenvalue weighted by molar-refractivity contribution is 7.86. The highest BCUT2D eigenvalue weighted by Crippen LogP contribution is 2.64. The van der Waals surface area contributed by atoms with Crippen LogP contribution in [0.25, 0.3) is 44.5 Å². The fraction of sp³-hybridized carbons (Fsp3) is 0.0667. The van der Waals surface area contributed by atoms with Crippen LogP contribution in [-0.2, 0) is 4.57 Å². The van der Waals surface area contributed by atoms with Crippen LogP contribution in [0.15, 0.2) is 146 Å². The summed E-state index contributed by atoms with van der Waals surface area (Å²) in [4.78, 5) is 0. The number of para-hydroxylation sites is 2. The van der Waals surface area contributed by atoms with Crippen molar-refractivity contribution >= 4 is 23.1 Å². The fourth-order valence-corrected chi connectivity index (χ4v) is 10.7. The third-order valence-electron chi connectivity index (χ3n) is 9.99. The number of benzene rings is 7. The van der Waals surface area contributed by atoms with E-state index >= 15 is 4.57 Å². The highest BCUT2D eigenvalue weighted by atomic mass is 31.2. The van der Waals surface area contributed by atoms with Crippen LogP contribution in [0.4, 0.5) is 0 Å². The summed E-state index contributed by atoms with van der Waals surface area (Å²) in [5.74, 6) is 2.44. The zero-order valence-corrected chi connectivity index (χ0v) is 28.4. The van der Waals surface area contributed by atoms with Crippen molar-refractivity contribution in [2.75, 3.05) is 0 Å². The number of hydrogen-bond donors (Lipinski definition) is 0. The number of fused-ring (bicyclic) bond motifs is 4. The van der Waals surface area contributed by atoms with Gasteiger partial charge in [0, 0.05) is 22.3 Å². The van der Waals surface area contributed by atoms with E-state index in [1.54, 1.807) is 0 Å². The lowest BCUT2D eigenvalue weighted by Gasteiger charge is -2.38. The fourth-order valence-electron chi connectivity index (χ4n) is 7.54. The van der Waals surface area contributed by atoms with Gasteiger partial charge in [-0.25, -0.2) is 0 Å². The molecule has 9 rings (SSSR count). The van der Waals surface area contributed by atoms with E-state index in [1.165, 1.54) is 0 Å². The van der Waals surface area contributed by atoms with Crippen molar-refractivity contribution in [2.24, 2.45) is 0 Å². The molecule has 2 aliphatic rings. The average molecular weight is 653 g/mol. The summed E-state index contributed by atoms with van der Waals surface area (Å²) < 4.78 is 31.1. The zero-order chi connectivity index (χ0) is 33.3. The van der Waals surface area contributed by atoms with E-state index in [2.05, 4.69) is 93.6 Å². The molecule has 0 fully saturated rings. The molecule has 7 aromatic rings. The van der Waals surface area contributed by atoms with Gasteiger partial charge in [0.15, 0.2) is 18.6 Å². The van der Waals surface area contributed by atoms with Gasteiger partial charge in [0.1, 0.15) is 16.8 Å². The van der Waals surface area contributed by atoms with Crippen molar-refractivity contribution < 1.29 is 14.0 Å². The molecule has 7 aromatic carbocycles. The maximum absolute atomic E-state index is 16.8. The summed E-state index contributed by atoms with van der Waals surface area (Å²) in [5.41, 5.74) is 11.1. The standard InChI is InChI=1S/C45H33O3P/c1-28-15-7-10-20-32(28)36-24-14-26-40-42(36)48-44-38(34-22-12-9-17-30(34)3)27-37(33-21-11-8-16-29(33)2)43-45(44)49(40,46)39-25-13-23-35(41(39)47-43)31-18-5-4-6-19-31/h4-27H,1-3H3. The van der Waals surface area contributed by atoms with Gasteiger partial charge in [-0.1, -0.05) is 127 Å². The van der Waals surface area contributed by atoms with E-state index in [0.717, 1.165) is 61.2 Å². The number of hydrogen-bond acceptors (Lipinski definition) is 3. The van der Waals surface area contributed by atoms with Crippen LogP contribution in [0, 0.1) is 20.8 Å². The molecule has 0 amide bonds. The summed E-state index contributed by atoms with van der Waals surface area (Å²) in [6, 6.07) is 49.5. The molecule has 0 aromatic heterocycles. The van der Waals surface area contributed by atoms with Crippen LogP contribution in [0.5, 0.6) is 23.0 Å². The summed E-state index contributed by atoms with van der Waals surface area (Å²) in [7, 11) is -3.60. The molecule has 0 radical (unpaired) electrons. The monoisotopic (exact) mass is 652 g/mol. The Kier molecular flexibility index (Phi) is 6.76. The van der Waals surface area contributed by atoms with Gasteiger partial charge in [-0.2, -0.15) is 0 Å². The van der Waals surface area contributed by atoms with Gasteiger partial charge in [0.25, 0.3) is 0 Å². The Bertz CT molecular complexity index is 2510. The molecular formula is C45H33O3P. The molecule has 0 aliphatic carbocycles. The van der Waals surface area contributed by atoms with E-state index in [4.69, 9.17) is 9.47 Å². The normalized spacial score (nSPS) is 15.3. The number of ether oxygens (including phenoxy) is 2. The molecule has 0 saturated carbocycles. The molecule has 0 saturated heterocycles. The Morgan fingerprint density at radius 1 is 0.388 bits per heavy atom. The van der Waals surface area contributed by atoms with E-state index < -0.39 is 7.14 Å². The minimum Gasteiger partial charge on any atom is -0.454 e. The van der Waals surface area contributed by atoms with Crippen LogP contribution in [0.3, 0.4) is 0 Å². The van der Waals surface area contributed by atoms with Gasteiger partial charge in [0.2, 0.25) is 0 Å². The lowest BCUT2D eigenvalue weighted by atomic mass is 9.92. The highest BCUT2D eigenvalue weighted by Gasteiger charge is 2.49. The second-order valence-corrected chi connectivity index (χ2v) is 15.5. The van der Waals surface area contributed by atoms with Crippen molar-refractivity contribution in [3.8, 4) is 67.5 Å². The Hall–Kier alpha value is -5.63. The molecule has 4 heteroatoms. The molecule has 49 heavy (non-hydrogen) atoms. The lowest BCUT2D eigenvalue weighted by molar-refractivity contribution is 0.465. The van der Waals surface area contributed by atoms with Crippen molar-refractivity contribution in [3.63, 3.8) is 0 Å². The van der Waals surface area contributed by atoms with Crippen molar-refractivity contribution in [1.82, 2.24) is 0 Å². The molecule has 2 aliphatic heterocycles. The lowest BCUT2D eigenvalue weighted by Crippen LogP contribution is -2.36. The van der Waals surface area contributed by atoms with Gasteiger partial charge in [-0.3, -0.25) is 0 Å². The summed E-state index contributed by atoms with van der Waals surface area (Å²) in [6.45, 7) is 6.33. The topological polar surface area (TPSA) is 35.5 Å². The van der Waals surface area contributed by atoms with E-state index in [0.29, 0.717) is 38.9 Å². The van der Waals surface area contributed by atoms with Crippen molar-refractivity contribution in [1.29, 1.82) is 0 Å². The quantitative estimate of drug-likeness (QED) is 0.178. The van der Waals surface area contributed by atoms with Crippen molar-refractivity contribution in [3.05, 3.63) is 162 Å². The van der Waals surface area contributed by atoms with Crippen LogP contribution in [0.2, 0.25) is 0 Å². The Morgan fingerprint density at radius 2 is 0.796 bits per heavy atom. The van der Waals surface area contributed by atoms with Crippen molar-refractivity contribution in [2.45, 2.75) is 20.8 Å². The first-order chi connectivity index (χ1) is 23.9. The Morgan fingerprint density at radius 3 is 1.31 bits per heavy atom. The Balaban J connectivity index is 1.46. The van der Waals surface area contributed by atoms with Crippen LogP contribution in [0.1, 0.15) is 16.7 Å². The minimum absolute atomic E-state index is 0.591. The molecule has 1 unspecified atom stereocenters. The molecule has 3 nitrogen and oxygen atoms in total. The summed E-state index contributed by atoms with van der Waals surface area (Å²) >= 11 is 0. The van der Waals surface area contributed by atoms with Gasteiger partial charge >= 0.3 is 0 Å². The van der Waals surface area contributed by atoms with Gasteiger partial charge in [-0.05, 0) is 77.9 Å². The molecule has 1 atom stereocenters. The first-order valence-electron chi connectivity index (χ1n) is 16.6. The van der Waals surface area contributed by atoms with Crippen LogP contribution in [-0.4, -0.2) is 0 Å². The summed E-state index contributed by atoms with van der Waals surface area (Å²) in [5, 5.41) is 2.00. The maximum Gasteiger partial charge on any atom is 0.185 e. The molecule has 0 bridgehead atoms. The van der Waals surface area contributed by atoms with E-state index in [1.807, 2.05) is 72.8 Å². The molecule has 236 valence electrons. The third kappa shape index (κ3) is 4.39. The summed E-state index contributed by atoms with van der Waals surface area (Å²) in [6.07, 6.45) is 0. The minimum atomic E-state index is -3.60. The molecule has 2 heterocycles. The van der Waals surface area contributed by atoms with Crippen LogP contribution >= 0.6 is 7.14 Å². The maximum atomic E-state index is 16.8. The predicted molar refractivity (Wildman–Crippen MR) is 202 cm³/mol. The predicted octanol–water partition coefficient (Wildman–Crippen LogP) is 11.1. The molecule has 0 N–H and O–H groups in total. The van der Waals surface area contributed by atoms with Gasteiger partial charge < -0.3 is 14.0 Å². The molecular weight excluding hydrogens is 619 g/mol. The second-order valence-electron chi connectivity index (χ2n) is 12.9. The average Bonchev–Trinajstić information content (AvgIpc) is 3.13. The largest absolute Gasteiger partial charge is 0.454 e. The third-order valence-corrected chi connectivity index (χ3v) is 13.1. The second kappa shape index (κ2) is 11.2. The SMILES string of the molecule is Cc1ccccc1-c1cccc2c1Oc1c(-c3ccccc3C)cc(-c3ccccc3C)c3c1P2(=O)c1cccc(-c2ccccc2)c1O3. The Labute approximate surface area is 286 Å². The van der Waals surface area contributed by atoms with E-state index in [-0.39, 0.29) is 0 Å². The zero-order valence-electron chi connectivity index (χ0n) is 27.5. The van der Waals surface area contributed by atoms with E-state index in [9.17, 15) is 0 Å². The molecule has 0 spiro atoms. The number of rotatable bonds is 4. The smallest absolute Gasteiger partial charge is 0.185 e. The van der Waals surface area contributed by atoms with Crippen LogP contribution < -0.4 is 25.4 Å². The number of aryl methyl sites for hydroxylation is 3. The van der Waals surface area contributed by atoms with Gasteiger partial charge in [-0.15, -0.1) is 0 Å². The van der Waals surface area contributed by atoms with Gasteiger partial charge in [0.05, 0.1) is 10.6 Å².